The number of unbranched alkanes of at least 4 members (excludes halogenated alkanes) is 56. The SMILES string of the molecule is CCCCCCCCCCCCCCCCCCCCCCCCCC=CCCc1ccccc1N=C(CCCC)C(CCCCCCCCCCCC)=Nc1ccccc1CCC=CCCCCCCCCCCCCCCCCCCCCCCCCC. The third-order valence-corrected chi connectivity index (χ3v) is 19.8. The summed E-state index contributed by atoms with van der Waals surface area (Å²) < 4.78 is 0. The molecule has 0 amide bonds. The molecule has 0 unspecified atom stereocenters. The van der Waals surface area contributed by atoms with Crippen molar-refractivity contribution in [3.05, 3.63) is 84.0 Å². The van der Waals surface area contributed by atoms with E-state index in [-0.39, 0.29) is 0 Å². The molecule has 0 aliphatic carbocycles. The maximum absolute atomic E-state index is 5.65. The average molecular weight is 1240 g/mol. The summed E-state index contributed by atoms with van der Waals surface area (Å²) in [7, 11) is 0. The summed E-state index contributed by atoms with van der Waals surface area (Å²) in [5.74, 6) is 0. The topological polar surface area (TPSA) is 24.7 Å². The average Bonchev–Trinajstić information content (AvgIpc) is 1.45. The summed E-state index contributed by atoms with van der Waals surface area (Å²) in [6, 6.07) is 18.1. The summed E-state index contributed by atoms with van der Waals surface area (Å²) in [5, 5.41) is 0. The maximum atomic E-state index is 5.65. The molecule has 0 fully saturated rings. The molecule has 2 nitrogen and oxygen atoms in total. The zero-order valence-electron chi connectivity index (χ0n) is 61.5. The molecule has 0 atom stereocenters. The standard InChI is InChI=1S/C88H156N2/c1-5-9-13-16-19-22-25-27-29-31-33-35-37-39-41-43-45-47-49-51-53-55-57-59-62-65-68-75-83-77-71-73-80-85(83)89-87(79-12-8-4)88(82-70-67-64-61-24-21-18-15-11-7-3)90-86-81-74-72-78-84(86)76-69-66-63-60-58-56-54-52-50-48-46-44-42-40-38-36-34-32-30-28-26-23-20-17-14-10-6-2/h62-63,65-66,71-74,77-78,80-81H,5-61,64,67-70,75-76,79,82H2,1-4H3. The molecule has 0 saturated carbocycles. The number of hydrogen-bond donors (Lipinski definition) is 0. The van der Waals surface area contributed by atoms with Crippen LogP contribution in [0.25, 0.3) is 0 Å². The van der Waals surface area contributed by atoms with Crippen molar-refractivity contribution in [2.75, 3.05) is 0 Å². The first-order chi connectivity index (χ1) is 44.7. The van der Waals surface area contributed by atoms with Gasteiger partial charge < -0.3 is 0 Å². The monoisotopic (exact) mass is 1240 g/mol. The van der Waals surface area contributed by atoms with E-state index in [1.165, 1.54) is 401 Å². The third kappa shape index (κ3) is 54.6. The molecule has 518 valence electrons. The molecule has 0 aliphatic heterocycles. The first kappa shape index (κ1) is 83.4. The number of benzene rings is 2. The Labute approximate surface area is 565 Å². The Morgan fingerprint density at radius 1 is 0.222 bits per heavy atom. The van der Waals surface area contributed by atoms with Crippen molar-refractivity contribution >= 4 is 22.8 Å². The third-order valence-electron chi connectivity index (χ3n) is 19.8. The van der Waals surface area contributed by atoms with Crippen LogP contribution < -0.4 is 0 Å². The highest BCUT2D eigenvalue weighted by Crippen LogP contribution is 2.27. The van der Waals surface area contributed by atoms with Crippen LogP contribution in [0, 0.1) is 0 Å². The van der Waals surface area contributed by atoms with Crippen molar-refractivity contribution in [2.24, 2.45) is 9.98 Å². The largest absolute Gasteiger partial charge is 0.251 e. The summed E-state index contributed by atoms with van der Waals surface area (Å²) in [5.41, 5.74) is 7.52. The molecular formula is C88H156N2. The van der Waals surface area contributed by atoms with Crippen LogP contribution in [-0.2, 0) is 12.8 Å². The van der Waals surface area contributed by atoms with Gasteiger partial charge in [-0.05, 0) is 100 Å². The van der Waals surface area contributed by atoms with Gasteiger partial charge in [0.2, 0.25) is 0 Å². The van der Waals surface area contributed by atoms with Crippen LogP contribution in [-0.4, -0.2) is 11.4 Å². The van der Waals surface area contributed by atoms with E-state index >= 15 is 0 Å². The molecule has 2 heteroatoms. The van der Waals surface area contributed by atoms with Crippen LogP contribution >= 0.6 is 0 Å². The number of hydrogen-bond acceptors (Lipinski definition) is 2. The van der Waals surface area contributed by atoms with E-state index in [0.29, 0.717) is 0 Å². The smallest absolute Gasteiger partial charge is 0.0665 e. The van der Waals surface area contributed by atoms with E-state index in [2.05, 4.69) is 101 Å². The molecule has 2 aromatic rings. The molecule has 0 heterocycles. The molecule has 0 spiro atoms. The van der Waals surface area contributed by atoms with E-state index in [0.717, 1.165) is 56.3 Å². The summed E-state index contributed by atoms with van der Waals surface area (Å²) in [6.45, 7) is 9.27. The minimum Gasteiger partial charge on any atom is -0.251 e. The predicted molar refractivity (Wildman–Crippen MR) is 411 cm³/mol. The highest BCUT2D eigenvalue weighted by molar-refractivity contribution is 6.43. The zero-order valence-corrected chi connectivity index (χ0v) is 61.5. The van der Waals surface area contributed by atoms with Crippen molar-refractivity contribution in [3.63, 3.8) is 0 Å². The van der Waals surface area contributed by atoms with Gasteiger partial charge in [0.05, 0.1) is 22.8 Å². The number of allylic oxidation sites excluding steroid dienone is 4. The highest BCUT2D eigenvalue weighted by Gasteiger charge is 2.14. The molecule has 2 rings (SSSR count). The minimum absolute atomic E-state index is 0.991. The fourth-order valence-corrected chi connectivity index (χ4v) is 13.7. The number of aryl methyl sites for hydroxylation is 2. The van der Waals surface area contributed by atoms with Gasteiger partial charge in [0.25, 0.3) is 0 Å². The molecule has 0 radical (unpaired) electrons. The van der Waals surface area contributed by atoms with Crippen molar-refractivity contribution in [3.8, 4) is 0 Å². The predicted octanol–water partition coefficient (Wildman–Crippen LogP) is 31.8. The van der Waals surface area contributed by atoms with Gasteiger partial charge in [0.15, 0.2) is 0 Å². The van der Waals surface area contributed by atoms with E-state index < -0.39 is 0 Å². The Kier molecular flexibility index (Phi) is 64.0. The first-order valence-electron chi connectivity index (χ1n) is 41.3. The van der Waals surface area contributed by atoms with Gasteiger partial charge in [-0.3, -0.25) is 9.98 Å². The Morgan fingerprint density at radius 3 is 0.678 bits per heavy atom. The second-order valence-electron chi connectivity index (χ2n) is 28.6. The molecule has 2 aromatic carbocycles. The van der Waals surface area contributed by atoms with Crippen molar-refractivity contribution < 1.29 is 0 Å². The molecule has 0 aliphatic rings. The Morgan fingerprint density at radius 2 is 0.422 bits per heavy atom. The van der Waals surface area contributed by atoms with Gasteiger partial charge in [0.1, 0.15) is 0 Å². The summed E-state index contributed by atoms with van der Waals surface area (Å²) in [4.78, 5) is 11.3. The van der Waals surface area contributed by atoms with Crippen molar-refractivity contribution in [2.45, 2.75) is 451 Å². The van der Waals surface area contributed by atoms with Crippen LogP contribution in [0.3, 0.4) is 0 Å². The number of para-hydroxylation sites is 2. The van der Waals surface area contributed by atoms with Crippen molar-refractivity contribution in [1.29, 1.82) is 0 Å². The summed E-state index contributed by atoms with van der Waals surface area (Å²) >= 11 is 0. The first-order valence-corrected chi connectivity index (χ1v) is 41.3. The quantitative estimate of drug-likeness (QED) is 0.0358. The van der Waals surface area contributed by atoms with Crippen molar-refractivity contribution in [1.82, 2.24) is 0 Å². The molecule has 0 aromatic heterocycles. The second-order valence-corrected chi connectivity index (χ2v) is 28.6. The van der Waals surface area contributed by atoms with Crippen LogP contribution in [0.4, 0.5) is 11.4 Å². The zero-order chi connectivity index (χ0) is 64.0. The van der Waals surface area contributed by atoms with E-state index in [1.54, 1.807) is 0 Å². The number of aliphatic imine (C=N–C) groups is 2. The number of nitrogens with zero attached hydrogens (tertiary/aromatic N) is 2. The van der Waals surface area contributed by atoms with Gasteiger partial charge in [-0.25, -0.2) is 0 Å². The molecule has 0 bridgehead atoms. The van der Waals surface area contributed by atoms with E-state index in [1.807, 2.05) is 0 Å². The van der Waals surface area contributed by atoms with Crippen LogP contribution in [0.15, 0.2) is 82.8 Å². The lowest BCUT2D eigenvalue weighted by Crippen LogP contribution is -2.15. The van der Waals surface area contributed by atoms with Gasteiger partial charge >= 0.3 is 0 Å². The Balaban J connectivity index is 1.76. The Hall–Kier alpha value is -2.74. The summed E-state index contributed by atoms with van der Waals surface area (Å²) in [6.07, 6.45) is 101. The van der Waals surface area contributed by atoms with Gasteiger partial charge in [-0.1, -0.05) is 435 Å². The van der Waals surface area contributed by atoms with Gasteiger partial charge in [0, 0.05) is 0 Å². The molecular weight excluding hydrogens is 1080 g/mol. The highest BCUT2D eigenvalue weighted by atomic mass is 14.8. The molecule has 0 N–H and O–H groups in total. The van der Waals surface area contributed by atoms with Crippen LogP contribution in [0.5, 0.6) is 0 Å². The fraction of sp³-hybridized carbons (Fsp3) is 0.795. The fourth-order valence-electron chi connectivity index (χ4n) is 13.7. The van der Waals surface area contributed by atoms with Gasteiger partial charge in [-0.2, -0.15) is 0 Å². The molecule has 90 heavy (non-hydrogen) atoms. The van der Waals surface area contributed by atoms with Gasteiger partial charge in [-0.15, -0.1) is 0 Å². The van der Waals surface area contributed by atoms with Crippen LogP contribution in [0.2, 0.25) is 0 Å². The number of rotatable bonds is 71. The Bertz CT molecular complexity index is 1880. The van der Waals surface area contributed by atoms with E-state index in [9.17, 15) is 0 Å². The minimum atomic E-state index is 0.991. The maximum Gasteiger partial charge on any atom is 0.0665 e. The lowest BCUT2D eigenvalue weighted by molar-refractivity contribution is 0.518. The van der Waals surface area contributed by atoms with E-state index in [4.69, 9.17) is 9.98 Å². The normalized spacial score (nSPS) is 12.3. The lowest BCUT2D eigenvalue weighted by Gasteiger charge is -2.14. The second kappa shape index (κ2) is 69.1. The van der Waals surface area contributed by atoms with Crippen LogP contribution in [0.1, 0.15) is 450 Å². The lowest BCUT2D eigenvalue weighted by atomic mass is 10.00. The molecule has 0 saturated heterocycles.